The van der Waals surface area contributed by atoms with Gasteiger partial charge in [0.15, 0.2) is 0 Å². The lowest BCUT2D eigenvalue weighted by Gasteiger charge is -2.32. The Labute approximate surface area is 174 Å². The number of benzene rings is 2. The zero-order valence-corrected chi connectivity index (χ0v) is 17.1. The van der Waals surface area contributed by atoms with Gasteiger partial charge in [-0.15, -0.1) is 0 Å². The molecule has 1 spiro atoms. The van der Waals surface area contributed by atoms with Gasteiger partial charge in [0.1, 0.15) is 5.75 Å². The molecule has 2 heterocycles. The molecule has 2 aromatic carbocycles. The maximum Gasteiger partial charge on any atom is 0.292 e. The van der Waals surface area contributed by atoms with Gasteiger partial charge in [0.25, 0.3) is 11.7 Å². The second kappa shape index (κ2) is 7.91. The van der Waals surface area contributed by atoms with E-state index in [-0.39, 0.29) is 5.91 Å². The molecule has 5 nitrogen and oxygen atoms in total. The minimum atomic E-state index is -1.31. The maximum absolute atomic E-state index is 13.2. The van der Waals surface area contributed by atoms with E-state index in [1.165, 1.54) is 0 Å². The van der Waals surface area contributed by atoms with Gasteiger partial charge in [-0.2, -0.15) is 0 Å². The van der Waals surface area contributed by atoms with Crippen molar-refractivity contribution in [3.63, 3.8) is 0 Å². The highest BCUT2D eigenvalue weighted by Crippen LogP contribution is 2.45. The molecule has 148 valence electrons. The summed E-state index contributed by atoms with van der Waals surface area (Å²) < 4.78 is 17.5. The highest BCUT2D eigenvalue weighted by Gasteiger charge is 2.54. The van der Waals surface area contributed by atoms with Crippen LogP contribution in [0.25, 0.3) is 0 Å². The van der Waals surface area contributed by atoms with Gasteiger partial charge in [-0.05, 0) is 50.1 Å². The van der Waals surface area contributed by atoms with Crippen molar-refractivity contribution in [3.8, 4) is 5.75 Å². The lowest BCUT2D eigenvalue weighted by atomic mass is 10.0. The lowest BCUT2D eigenvalue weighted by molar-refractivity contribution is -0.256. The monoisotopic (exact) mass is 421 g/mol. The minimum absolute atomic E-state index is 0.169. The van der Waals surface area contributed by atoms with E-state index in [2.05, 4.69) is 0 Å². The number of hydrogen-bond acceptors (Lipinski definition) is 4. The first-order valence-corrected chi connectivity index (χ1v) is 10.1. The summed E-state index contributed by atoms with van der Waals surface area (Å²) in [5.41, 5.74) is 2.69. The predicted octanol–water partition coefficient (Wildman–Crippen LogP) is 4.71. The second-order valence-corrected chi connectivity index (χ2v) is 7.76. The van der Waals surface area contributed by atoms with E-state index in [0.29, 0.717) is 48.6 Å². The summed E-state index contributed by atoms with van der Waals surface area (Å²) in [4.78, 5) is 14.9. The van der Waals surface area contributed by atoms with Crippen molar-refractivity contribution < 1.29 is 19.0 Å². The molecule has 0 saturated carbocycles. The third-order valence-electron chi connectivity index (χ3n) is 4.90. The van der Waals surface area contributed by atoms with Crippen LogP contribution in [0.1, 0.15) is 24.0 Å². The third kappa shape index (κ3) is 3.48. The Morgan fingerprint density at radius 1 is 1.14 bits per heavy atom. The topological polar surface area (TPSA) is 48.0 Å². The Hall–Kier alpha value is -1.79. The molecular weight excluding hydrogens is 401 g/mol. The van der Waals surface area contributed by atoms with Crippen LogP contribution in [0.4, 0.5) is 5.69 Å². The summed E-state index contributed by atoms with van der Waals surface area (Å²) >= 11 is 12.0. The van der Waals surface area contributed by atoms with E-state index < -0.39 is 5.79 Å². The fraction of sp³-hybridized carbons (Fsp3) is 0.381. The number of carbonyl (C=O) groups excluding carboxylic acids is 1. The van der Waals surface area contributed by atoms with Gasteiger partial charge in [0, 0.05) is 17.1 Å². The third-order valence-corrected chi connectivity index (χ3v) is 5.43. The molecule has 2 aliphatic heterocycles. The fourth-order valence-corrected chi connectivity index (χ4v) is 4.04. The molecule has 0 atom stereocenters. The van der Waals surface area contributed by atoms with E-state index in [1.807, 2.05) is 25.1 Å². The summed E-state index contributed by atoms with van der Waals surface area (Å²) in [6, 6.07) is 11.0. The summed E-state index contributed by atoms with van der Waals surface area (Å²) in [5, 5.41) is 1.03. The Morgan fingerprint density at radius 3 is 2.68 bits per heavy atom. The van der Waals surface area contributed by atoms with E-state index in [9.17, 15) is 4.79 Å². The molecule has 0 bridgehead atoms. The molecular formula is C21H21Cl2NO4. The summed E-state index contributed by atoms with van der Waals surface area (Å²) in [6.45, 7) is 3.92. The number of ether oxygens (including phenoxy) is 3. The number of carbonyl (C=O) groups is 1. The summed E-state index contributed by atoms with van der Waals surface area (Å²) in [5.74, 6) is -0.900. The number of aryl methyl sites for hydroxylation is 1. The molecule has 0 aliphatic carbocycles. The van der Waals surface area contributed by atoms with Gasteiger partial charge in [0.2, 0.25) is 0 Å². The van der Waals surface area contributed by atoms with Crippen LogP contribution in [0.5, 0.6) is 5.75 Å². The zero-order valence-electron chi connectivity index (χ0n) is 15.5. The summed E-state index contributed by atoms with van der Waals surface area (Å²) in [7, 11) is 0. The van der Waals surface area contributed by atoms with E-state index in [1.54, 1.807) is 23.1 Å². The molecule has 0 aromatic heterocycles. The van der Waals surface area contributed by atoms with Gasteiger partial charge in [-0.3, -0.25) is 4.79 Å². The molecule has 0 unspecified atom stereocenters. The molecule has 1 fully saturated rings. The van der Waals surface area contributed by atoms with Crippen LogP contribution in [-0.2, 0) is 20.1 Å². The number of nitrogens with zero attached hydrogens (tertiary/aromatic N) is 1. The number of halogens is 2. The van der Waals surface area contributed by atoms with Crippen LogP contribution in [0.2, 0.25) is 10.0 Å². The quantitative estimate of drug-likeness (QED) is 0.655. The standard InChI is InChI=1S/C21H21Cl2NO4/c1-14-4-6-18-16(12-14)21(27-10-3-11-28-21)20(25)24(18)8-2-9-26-19-7-5-15(22)13-17(19)23/h4-7,12-13H,2-3,8-11H2,1H3. The lowest BCUT2D eigenvalue weighted by Crippen LogP contribution is -2.47. The smallest absolute Gasteiger partial charge is 0.292 e. The molecule has 7 heteroatoms. The molecule has 0 N–H and O–H groups in total. The zero-order chi connectivity index (χ0) is 19.7. The Morgan fingerprint density at radius 2 is 1.93 bits per heavy atom. The van der Waals surface area contributed by atoms with Gasteiger partial charge >= 0.3 is 0 Å². The molecule has 2 aromatic rings. The first-order valence-electron chi connectivity index (χ1n) is 9.30. The van der Waals surface area contributed by atoms with E-state index >= 15 is 0 Å². The average molecular weight is 422 g/mol. The molecule has 4 rings (SSSR count). The first kappa shape index (κ1) is 19.5. The number of rotatable bonds is 5. The van der Waals surface area contributed by atoms with Crippen molar-refractivity contribution in [2.75, 3.05) is 31.3 Å². The SMILES string of the molecule is Cc1ccc2c(c1)C1(OCCCO1)C(=O)N2CCCOc1ccc(Cl)cc1Cl. The Bertz CT molecular complexity index is 896. The number of amides is 1. The van der Waals surface area contributed by atoms with E-state index in [0.717, 1.165) is 23.2 Å². The van der Waals surface area contributed by atoms with Crippen molar-refractivity contribution in [3.05, 3.63) is 57.6 Å². The average Bonchev–Trinajstić information content (AvgIpc) is 2.89. The van der Waals surface area contributed by atoms with Crippen LogP contribution in [0.3, 0.4) is 0 Å². The first-order chi connectivity index (χ1) is 13.5. The normalized spacial score (nSPS) is 17.8. The minimum Gasteiger partial charge on any atom is -0.492 e. The molecule has 0 radical (unpaired) electrons. The highest BCUT2D eigenvalue weighted by molar-refractivity contribution is 6.35. The van der Waals surface area contributed by atoms with Crippen LogP contribution < -0.4 is 9.64 Å². The van der Waals surface area contributed by atoms with Gasteiger partial charge in [0.05, 0.1) is 30.5 Å². The van der Waals surface area contributed by atoms with Crippen molar-refractivity contribution in [2.24, 2.45) is 0 Å². The van der Waals surface area contributed by atoms with Crippen molar-refractivity contribution in [1.82, 2.24) is 0 Å². The van der Waals surface area contributed by atoms with Crippen LogP contribution in [0.15, 0.2) is 36.4 Å². The van der Waals surface area contributed by atoms with Crippen LogP contribution >= 0.6 is 23.2 Å². The van der Waals surface area contributed by atoms with Crippen molar-refractivity contribution in [2.45, 2.75) is 25.6 Å². The van der Waals surface area contributed by atoms with Gasteiger partial charge < -0.3 is 19.1 Å². The molecule has 28 heavy (non-hydrogen) atoms. The summed E-state index contributed by atoms with van der Waals surface area (Å²) in [6.07, 6.45) is 1.42. The number of hydrogen-bond donors (Lipinski definition) is 0. The molecule has 1 amide bonds. The van der Waals surface area contributed by atoms with Crippen molar-refractivity contribution in [1.29, 1.82) is 0 Å². The van der Waals surface area contributed by atoms with Crippen LogP contribution in [-0.4, -0.2) is 32.3 Å². The number of anilines is 1. The Balaban J connectivity index is 1.47. The molecule has 1 saturated heterocycles. The Kier molecular flexibility index (Phi) is 5.52. The largest absolute Gasteiger partial charge is 0.492 e. The van der Waals surface area contributed by atoms with Gasteiger partial charge in [-0.1, -0.05) is 34.8 Å². The van der Waals surface area contributed by atoms with Crippen LogP contribution in [0, 0.1) is 6.92 Å². The van der Waals surface area contributed by atoms with E-state index in [4.69, 9.17) is 37.4 Å². The highest BCUT2D eigenvalue weighted by atomic mass is 35.5. The second-order valence-electron chi connectivity index (χ2n) is 6.92. The maximum atomic E-state index is 13.2. The molecule has 2 aliphatic rings. The van der Waals surface area contributed by atoms with Gasteiger partial charge in [-0.25, -0.2) is 0 Å². The fourth-order valence-electron chi connectivity index (χ4n) is 3.58. The number of fused-ring (bicyclic) bond motifs is 2. The predicted molar refractivity (Wildman–Crippen MR) is 108 cm³/mol. The van der Waals surface area contributed by atoms with Crippen molar-refractivity contribution >= 4 is 34.8 Å².